The molecule has 3 aromatic rings. The Bertz CT molecular complexity index is 1180. The number of aromatic carboxylic acids is 1. The van der Waals surface area contributed by atoms with Gasteiger partial charge in [-0.2, -0.15) is 0 Å². The SMILES string of the molecule is CCC(CCC(=O)NCc1ocnc1C(=O)O)NC(=O)OCC1c2ccccc2-c2ccccc21. The monoisotopic (exact) mass is 477 g/mol. The molecule has 1 aliphatic rings. The number of alkyl carbamates (subject to hydrolysis) is 1. The number of hydrogen-bond donors (Lipinski definition) is 3. The maximum Gasteiger partial charge on any atom is 0.407 e. The molecule has 4 rings (SSSR count). The van der Waals surface area contributed by atoms with Crippen molar-refractivity contribution in [3.8, 4) is 11.1 Å². The molecule has 0 spiro atoms. The summed E-state index contributed by atoms with van der Waals surface area (Å²) in [6, 6.07) is 16.0. The molecule has 2 amide bonds. The van der Waals surface area contributed by atoms with Gasteiger partial charge in [-0.3, -0.25) is 4.79 Å². The average Bonchev–Trinajstić information content (AvgIpc) is 3.47. The fraction of sp³-hybridized carbons (Fsp3) is 0.308. The lowest BCUT2D eigenvalue weighted by atomic mass is 9.98. The van der Waals surface area contributed by atoms with E-state index in [1.54, 1.807) is 0 Å². The van der Waals surface area contributed by atoms with E-state index in [0.717, 1.165) is 28.6 Å². The van der Waals surface area contributed by atoms with Crippen LogP contribution < -0.4 is 10.6 Å². The van der Waals surface area contributed by atoms with E-state index >= 15 is 0 Å². The highest BCUT2D eigenvalue weighted by Crippen LogP contribution is 2.44. The van der Waals surface area contributed by atoms with Crippen LogP contribution >= 0.6 is 0 Å². The van der Waals surface area contributed by atoms with E-state index in [9.17, 15) is 14.4 Å². The summed E-state index contributed by atoms with van der Waals surface area (Å²) in [7, 11) is 0. The zero-order valence-corrected chi connectivity index (χ0v) is 19.3. The molecule has 182 valence electrons. The second-order valence-electron chi connectivity index (χ2n) is 8.32. The van der Waals surface area contributed by atoms with Crippen LogP contribution in [-0.4, -0.2) is 40.7 Å². The van der Waals surface area contributed by atoms with E-state index in [-0.39, 0.29) is 48.9 Å². The first-order valence-electron chi connectivity index (χ1n) is 11.5. The Morgan fingerprint density at radius 2 is 1.74 bits per heavy atom. The summed E-state index contributed by atoms with van der Waals surface area (Å²) in [5, 5.41) is 14.5. The molecule has 2 aromatic carbocycles. The molecule has 1 aliphatic carbocycles. The van der Waals surface area contributed by atoms with Gasteiger partial charge in [0, 0.05) is 18.4 Å². The van der Waals surface area contributed by atoms with Crippen molar-refractivity contribution in [1.29, 1.82) is 0 Å². The molecule has 1 atom stereocenters. The first kappa shape index (κ1) is 24.0. The van der Waals surface area contributed by atoms with Gasteiger partial charge in [0.2, 0.25) is 5.91 Å². The standard InChI is InChI=1S/C26H27N3O6/c1-2-16(11-12-23(30)27-13-22-24(25(31)32)28-15-35-22)29-26(33)34-14-21-19-9-5-3-7-17(19)18-8-4-6-10-20(18)21/h3-10,15-16,21H,2,11-14H2,1H3,(H,27,30)(H,29,33)(H,31,32). The van der Waals surface area contributed by atoms with Gasteiger partial charge in [-0.25, -0.2) is 14.6 Å². The summed E-state index contributed by atoms with van der Waals surface area (Å²) in [6.07, 6.45) is 1.69. The number of oxazole rings is 1. The number of amides is 2. The Morgan fingerprint density at radius 3 is 2.37 bits per heavy atom. The summed E-state index contributed by atoms with van der Waals surface area (Å²) in [5.74, 6) is -1.45. The van der Waals surface area contributed by atoms with Crippen molar-refractivity contribution in [2.75, 3.05) is 6.61 Å². The summed E-state index contributed by atoms with van der Waals surface area (Å²) in [6.45, 7) is 2.07. The molecular weight excluding hydrogens is 450 g/mol. The van der Waals surface area contributed by atoms with Crippen molar-refractivity contribution in [2.24, 2.45) is 0 Å². The Labute approximate surface area is 202 Å². The van der Waals surface area contributed by atoms with Crippen LogP contribution in [0, 0.1) is 0 Å². The largest absolute Gasteiger partial charge is 0.476 e. The minimum Gasteiger partial charge on any atom is -0.476 e. The molecule has 1 unspecified atom stereocenters. The zero-order chi connectivity index (χ0) is 24.8. The number of fused-ring (bicyclic) bond motifs is 3. The van der Waals surface area contributed by atoms with Crippen LogP contribution in [-0.2, 0) is 16.1 Å². The molecule has 9 nitrogen and oxygen atoms in total. The quantitative estimate of drug-likeness (QED) is 0.401. The van der Waals surface area contributed by atoms with E-state index in [2.05, 4.69) is 39.9 Å². The van der Waals surface area contributed by atoms with E-state index in [0.29, 0.717) is 12.8 Å². The Hall–Kier alpha value is -4.14. The molecule has 0 saturated heterocycles. The van der Waals surface area contributed by atoms with Gasteiger partial charge in [-0.15, -0.1) is 0 Å². The molecule has 1 aromatic heterocycles. The Morgan fingerprint density at radius 1 is 1.09 bits per heavy atom. The molecule has 0 aliphatic heterocycles. The van der Waals surface area contributed by atoms with Gasteiger partial charge in [0.25, 0.3) is 0 Å². The van der Waals surface area contributed by atoms with Gasteiger partial charge >= 0.3 is 12.1 Å². The lowest BCUT2D eigenvalue weighted by molar-refractivity contribution is -0.121. The molecule has 0 fully saturated rings. The van der Waals surface area contributed by atoms with Crippen LogP contribution in [0.4, 0.5) is 4.79 Å². The fourth-order valence-electron chi connectivity index (χ4n) is 4.33. The number of nitrogens with zero attached hydrogens (tertiary/aromatic N) is 1. The summed E-state index contributed by atoms with van der Waals surface area (Å²) >= 11 is 0. The molecule has 3 N–H and O–H groups in total. The highest BCUT2D eigenvalue weighted by atomic mass is 16.5. The van der Waals surface area contributed by atoms with Crippen molar-refractivity contribution < 1.29 is 28.6 Å². The van der Waals surface area contributed by atoms with Crippen LogP contribution in [0.1, 0.15) is 59.5 Å². The van der Waals surface area contributed by atoms with Crippen LogP contribution in [0.3, 0.4) is 0 Å². The number of carbonyl (C=O) groups is 3. The van der Waals surface area contributed by atoms with Gasteiger partial charge < -0.3 is 24.9 Å². The number of ether oxygens (including phenoxy) is 1. The number of rotatable bonds is 10. The number of nitrogens with one attached hydrogen (secondary N) is 2. The molecular formula is C26H27N3O6. The molecule has 0 bridgehead atoms. The molecule has 1 heterocycles. The van der Waals surface area contributed by atoms with Gasteiger partial charge in [-0.1, -0.05) is 55.5 Å². The van der Waals surface area contributed by atoms with Gasteiger partial charge in [0.05, 0.1) is 6.54 Å². The number of aromatic nitrogens is 1. The van der Waals surface area contributed by atoms with Crippen LogP contribution in [0.15, 0.2) is 59.3 Å². The molecule has 0 saturated carbocycles. The van der Waals surface area contributed by atoms with Crippen LogP contribution in [0.25, 0.3) is 11.1 Å². The number of carboxylic acids is 1. The van der Waals surface area contributed by atoms with E-state index in [1.165, 1.54) is 0 Å². The third-order valence-electron chi connectivity index (χ3n) is 6.17. The number of carbonyl (C=O) groups excluding carboxylic acids is 2. The fourth-order valence-corrected chi connectivity index (χ4v) is 4.33. The molecule has 0 radical (unpaired) electrons. The smallest absolute Gasteiger partial charge is 0.407 e. The number of hydrogen-bond acceptors (Lipinski definition) is 6. The average molecular weight is 478 g/mol. The normalized spacial score (nSPS) is 12.9. The van der Waals surface area contributed by atoms with Crippen LogP contribution in [0.2, 0.25) is 0 Å². The van der Waals surface area contributed by atoms with Gasteiger partial charge in [-0.05, 0) is 35.1 Å². The third kappa shape index (κ3) is 5.51. The van der Waals surface area contributed by atoms with Gasteiger partial charge in [0.15, 0.2) is 17.8 Å². The van der Waals surface area contributed by atoms with Crippen molar-refractivity contribution in [3.05, 3.63) is 77.5 Å². The topological polar surface area (TPSA) is 131 Å². The van der Waals surface area contributed by atoms with Gasteiger partial charge in [0.1, 0.15) is 6.61 Å². The van der Waals surface area contributed by atoms with Crippen molar-refractivity contribution >= 4 is 18.0 Å². The summed E-state index contributed by atoms with van der Waals surface area (Å²) in [4.78, 5) is 39.4. The maximum atomic E-state index is 12.5. The van der Waals surface area contributed by atoms with E-state index < -0.39 is 12.1 Å². The van der Waals surface area contributed by atoms with Crippen LogP contribution in [0.5, 0.6) is 0 Å². The van der Waals surface area contributed by atoms with E-state index in [1.807, 2.05) is 31.2 Å². The minimum atomic E-state index is -1.22. The predicted molar refractivity (Wildman–Crippen MR) is 127 cm³/mol. The van der Waals surface area contributed by atoms with Crippen molar-refractivity contribution in [2.45, 2.75) is 44.7 Å². The first-order chi connectivity index (χ1) is 17.0. The second kappa shape index (κ2) is 10.9. The third-order valence-corrected chi connectivity index (χ3v) is 6.17. The highest BCUT2D eigenvalue weighted by molar-refractivity contribution is 5.86. The highest BCUT2D eigenvalue weighted by Gasteiger charge is 2.29. The first-order valence-corrected chi connectivity index (χ1v) is 11.5. The predicted octanol–water partition coefficient (Wildman–Crippen LogP) is 4.09. The lowest BCUT2D eigenvalue weighted by Gasteiger charge is -2.19. The summed E-state index contributed by atoms with van der Waals surface area (Å²) in [5.41, 5.74) is 4.38. The second-order valence-corrected chi connectivity index (χ2v) is 8.32. The number of benzene rings is 2. The maximum absolute atomic E-state index is 12.5. The Kier molecular flexibility index (Phi) is 7.45. The number of carboxylic acid groups (broad SMARTS) is 1. The zero-order valence-electron chi connectivity index (χ0n) is 19.3. The lowest BCUT2D eigenvalue weighted by Crippen LogP contribution is -2.36. The molecule has 35 heavy (non-hydrogen) atoms. The molecule has 9 heteroatoms. The summed E-state index contributed by atoms with van der Waals surface area (Å²) < 4.78 is 10.6. The minimum absolute atomic E-state index is 0.0224. The van der Waals surface area contributed by atoms with Crippen molar-refractivity contribution in [1.82, 2.24) is 15.6 Å². The van der Waals surface area contributed by atoms with E-state index in [4.69, 9.17) is 14.3 Å². The Balaban J connectivity index is 1.25. The van der Waals surface area contributed by atoms with Crippen molar-refractivity contribution in [3.63, 3.8) is 0 Å².